The second kappa shape index (κ2) is 9.70. The van der Waals surface area contributed by atoms with Gasteiger partial charge in [-0.15, -0.1) is 0 Å². The monoisotopic (exact) mass is 407 g/mol. The predicted molar refractivity (Wildman–Crippen MR) is 109 cm³/mol. The van der Waals surface area contributed by atoms with Gasteiger partial charge < -0.3 is 30.2 Å². The van der Waals surface area contributed by atoms with Gasteiger partial charge >= 0.3 is 0 Å². The fraction of sp³-hybridized carbons (Fsp3) is 0.263. The van der Waals surface area contributed by atoms with Crippen molar-refractivity contribution in [3.63, 3.8) is 0 Å². The van der Waals surface area contributed by atoms with Gasteiger partial charge in [-0.2, -0.15) is 0 Å². The molecule has 28 heavy (non-hydrogen) atoms. The van der Waals surface area contributed by atoms with Crippen LogP contribution in [-0.4, -0.2) is 39.7 Å². The van der Waals surface area contributed by atoms with E-state index in [0.717, 1.165) is 0 Å². The summed E-state index contributed by atoms with van der Waals surface area (Å²) in [7, 11) is 4.49. The first-order valence-electron chi connectivity index (χ1n) is 8.28. The summed E-state index contributed by atoms with van der Waals surface area (Å²) in [5, 5.41) is 8.78. The summed E-state index contributed by atoms with van der Waals surface area (Å²) < 4.78 is 15.8. The van der Waals surface area contributed by atoms with E-state index in [4.69, 9.17) is 25.8 Å². The fourth-order valence-corrected chi connectivity index (χ4v) is 2.66. The first kappa shape index (κ1) is 21.2. The molecule has 2 aromatic rings. The SMILES string of the molecule is COc1cc(NC(=O)CNc2cc(NC(C)=O)ccc2Cl)cc(OC)c1OC. The summed E-state index contributed by atoms with van der Waals surface area (Å²) in [5.74, 6) is 0.777. The Kier molecular flexibility index (Phi) is 7.34. The van der Waals surface area contributed by atoms with Crippen LogP contribution < -0.4 is 30.2 Å². The zero-order valence-electron chi connectivity index (χ0n) is 16.0. The van der Waals surface area contributed by atoms with Crippen LogP contribution >= 0.6 is 11.6 Å². The van der Waals surface area contributed by atoms with Crippen LogP contribution in [0.4, 0.5) is 17.1 Å². The Bertz CT molecular complexity index is 848. The van der Waals surface area contributed by atoms with Gasteiger partial charge in [0.2, 0.25) is 17.6 Å². The molecular weight excluding hydrogens is 386 g/mol. The van der Waals surface area contributed by atoms with Crippen LogP contribution in [0.5, 0.6) is 17.2 Å². The third kappa shape index (κ3) is 5.43. The second-order valence-corrected chi connectivity index (χ2v) is 6.10. The molecule has 0 saturated carbocycles. The van der Waals surface area contributed by atoms with Gasteiger partial charge in [-0.1, -0.05) is 11.6 Å². The van der Waals surface area contributed by atoms with E-state index in [9.17, 15) is 9.59 Å². The Balaban J connectivity index is 2.08. The molecule has 150 valence electrons. The lowest BCUT2D eigenvalue weighted by Crippen LogP contribution is -2.22. The average molecular weight is 408 g/mol. The number of hydrogen-bond donors (Lipinski definition) is 3. The zero-order valence-corrected chi connectivity index (χ0v) is 16.8. The largest absolute Gasteiger partial charge is 0.493 e. The highest BCUT2D eigenvalue weighted by atomic mass is 35.5. The van der Waals surface area contributed by atoms with Gasteiger partial charge in [0.25, 0.3) is 0 Å². The number of nitrogens with one attached hydrogen (secondary N) is 3. The number of methoxy groups -OCH3 is 3. The van der Waals surface area contributed by atoms with Crippen LogP contribution in [0.25, 0.3) is 0 Å². The Morgan fingerprint density at radius 1 is 0.929 bits per heavy atom. The fourth-order valence-electron chi connectivity index (χ4n) is 2.48. The van der Waals surface area contributed by atoms with Crippen molar-refractivity contribution in [1.29, 1.82) is 0 Å². The predicted octanol–water partition coefficient (Wildman–Crippen LogP) is 3.37. The summed E-state index contributed by atoms with van der Waals surface area (Å²) in [4.78, 5) is 23.5. The van der Waals surface area contributed by atoms with E-state index in [-0.39, 0.29) is 18.4 Å². The molecule has 9 heteroatoms. The number of rotatable bonds is 8. The standard InChI is InChI=1S/C19H22ClN3O5/c1-11(24)22-12-5-6-14(20)15(7-12)21-10-18(25)23-13-8-16(26-2)19(28-4)17(9-13)27-3/h5-9,21H,10H2,1-4H3,(H,22,24)(H,23,25). The molecule has 2 amide bonds. The van der Waals surface area contributed by atoms with Crippen LogP contribution in [0, 0.1) is 0 Å². The number of anilines is 3. The number of carbonyl (C=O) groups is 2. The smallest absolute Gasteiger partial charge is 0.243 e. The van der Waals surface area contributed by atoms with Crippen molar-refractivity contribution in [2.45, 2.75) is 6.92 Å². The molecular formula is C19H22ClN3O5. The van der Waals surface area contributed by atoms with E-state index >= 15 is 0 Å². The number of halogens is 1. The number of carbonyl (C=O) groups excluding carboxylic acids is 2. The Morgan fingerprint density at radius 2 is 1.57 bits per heavy atom. The molecule has 0 aliphatic rings. The molecule has 0 bridgehead atoms. The van der Waals surface area contributed by atoms with Crippen LogP contribution in [-0.2, 0) is 9.59 Å². The van der Waals surface area contributed by atoms with Crippen molar-refractivity contribution < 1.29 is 23.8 Å². The average Bonchev–Trinajstić information content (AvgIpc) is 2.67. The molecule has 0 aromatic heterocycles. The normalized spacial score (nSPS) is 10.0. The van der Waals surface area contributed by atoms with E-state index in [1.54, 1.807) is 30.3 Å². The van der Waals surface area contributed by atoms with E-state index in [2.05, 4.69) is 16.0 Å². The molecule has 3 N–H and O–H groups in total. The minimum absolute atomic E-state index is 0.0418. The zero-order chi connectivity index (χ0) is 20.7. The van der Waals surface area contributed by atoms with Crippen molar-refractivity contribution in [1.82, 2.24) is 0 Å². The molecule has 0 saturated heterocycles. The minimum Gasteiger partial charge on any atom is -0.493 e. The molecule has 2 aromatic carbocycles. The molecule has 0 aliphatic heterocycles. The van der Waals surface area contributed by atoms with Crippen LogP contribution in [0.15, 0.2) is 30.3 Å². The number of hydrogen-bond acceptors (Lipinski definition) is 6. The highest BCUT2D eigenvalue weighted by Gasteiger charge is 2.14. The molecule has 0 radical (unpaired) electrons. The number of amides is 2. The quantitative estimate of drug-likeness (QED) is 0.620. The highest BCUT2D eigenvalue weighted by molar-refractivity contribution is 6.33. The maximum Gasteiger partial charge on any atom is 0.243 e. The second-order valence-electron chi connectivity index (χ2n) is 5.69. The lowest BCUT2D eigenvalue weighted by Gasteiger charge is -2.15. The summed E-state index contributed by atoms with van der Waals surface area (Å²) >= 11 is 6.14. The number of benzene rings is 2. The van der Waals surface area contributed by atoms with Crippen molar-refractivity contribution in [3.8, 4) is 17.2 Å². The summed E-state index contributed by atoms with van der Waals surface area (Å²) in [6, 6.07) is 8.21. The Labute approximate surface area is 168 Å². The van der Waals surface area contributed by atoms with E-state index < -0.39 is 0 Å². The molecule has 0 spiro atoms. The first-order chi connectivity index (χ1) is 13.4. The van der Waals surface area contributed by atoms with Crippen molar-refractivity contribution in [2.24, 2.45) is 0 Å². The first-order valence-corrected chi connectivity index (χ1v) is 8.66. The molecule has 0 atom stereocenters. The highest BCUT2D eigenvalue weighted by Crippen LogP contribution is 2.39. The third-order valence-electron chi connectivity index (χ3n) is 3.67. The molecule has 2 rings (SSSR count). The summed E-state index contributed by atoms with van der Waals surface area (Å²) in [5.41, 5.74) is 1.58. The lowest BCUT2D eigenvalue weighted by atomic mass is 10.2. The Hall–Kier alpha value is -3.13. The van der Waals surface area contributed by atoms with Gasteiger partial charge in [0, 0.05) is 30.4 Å². The molecule has 0 fully saturated rings. The molecule has 0 heterocycles. The van der Waals surface area contributed by atoms with Gasteiger partial charge in [0.1, 0.15) is 0 Å². The van der Waals surface area contributed by atoms with Crippen LogP contribution in [0.1, 0.15) is 6.92 Å². The maximum absolute atomic E-state index is 12.3. The third-order valence-corrected chi connectivity index (χ3v) is 4.00. The van der Waals surface area contributed by atoms with Gasteiger partial charge in [0.15, 0.2) is 11.5 Å². The minimum atomic E-state index is -0.310. The molecule has 0 unspecified atom stereocenters. The molecule has 8 nitrogen and oxygen atoms in total. The number of ether oxygens (including phenoxy) is 3. The maximum atomic E-state index is 12.3. The van der Waals surface area contributed by atoms with Gasteiger partial charge in [-0.25, -0.2) is 0 Å². The van der Waals surface area contributed by atoms with Crippen LogP contribution in [0.2, 0.25) is 5.02 Å². The van der Waals surface area contributed by atoms with Crippen molar-refractivity contribution in [3.05, 3.63) is 35.4 Å². The van der Waals surface area contributed by atoms with E-state index in [1.165, 1.54) is 28.3 Å². The Morgan fingerprint density at radius 3 is 2.11 bits per heavy atom. The van der Waals surface area contributed by atoms with Crippen LogP contribution in [0.3, 0.4) is 0 Å². The van der Waals surface area contributed by atoms with Crippen molar-refractivity contribution in [2.75, 3.05) is 43.8 Å². The van der Waals surface area contributed by atoms with Crippen molar-refractivity contribution >= 4 is 40.5 Å². The summed E-state index contributed by atoms with van der Waals surface area (Å²) in [6.07, 6.45) is 0. The van der Waals surface area contributed by atoms with E-state index in [1.807, 2.05) is 0 Å². The van der Waals surface area contributed by atoms with Gasteiger partial charge in [-0.3, -0.25) is 9.59 Å². The van der Waals surface area contributed by atoms with Gasteiger partial charge in [0.05, 0.1) is 38.6 Å². The topological polar surface area (TPSA) is 97.9 Å². The lowest BCUT2D eigenvalue weighted by molar-refractivity contribution is -0.115. The van der Waals surface area contributed by atoms with Gasteiger partial charge in [-0.05, 0) is 18.2 Å². The summed E-state index contributed by atoms with van der Waals surface area (Å²) in [6.45, 7) is 1.37. The van der Waals surface area contributed by atoms with E-state index in [0.29, 0.717) is 39.3 Å². The molecule has 0 aliphatic carbocycles.